The van der Waals surface area contributed by atoms with E-state index < -0.39 is 5.97 Å². The Morgan fingerprint density at radius 2 is 2.35 bits per heavy atom. The van der Waals surface area contributed by atoms with Gasteiger partial charge in [-0.1, -0.05) is 6.42 Å². The number of carboxylic acid groups (broad SMARTS) is 1. The molecule has 0 aromatic carbocycles. The van der Waals surface area contributed by atoms with Crippen LogP contribution in [0.4, 0.5) is 0 Å². The Morgan fingerprint density at radius 1 is 1.50 bits per heavy atom. The van der Waals surface area contributed by atoms with E-state index in [2.05, 4.69) is 16.9 Å². The maximum atomic E-state index is 11.2. The molecule has 2 aromatic heterocycles. The summed E-state index contributed by atoms with van der Waals surface area (Å²) in [5, 5.41) is 9.19. The third-order valence-electron chi connectivity index (χ3n) is 4.13. The number of carbonyl (C=O) groups is 1. The molecule has 1 aliphatic heterocycles. The number of rotatable bonds is 3. The highest BCUT2D eigenvalue weighted by molar-refractivity contribution is 5.94. The zero-order chi connectivity index (χ0) is 14.1. The molecule has 3 rings (SSSR count). The third kappa shape index (κ3) is 2.41. The highest BCUT2D eigenvalue weighted by atomic mass is 16.4. The van der Waals surface area contributed by atoms with Crippen LogP contribution in [-0.2, 0) is 6.42 Å². The molecule has 0 amide bonds. The van der Waals surface area contributed by atoms with Crippen molar-refractivity contribution in [1.29, 1.82) is 0 Å². The Labute approximate surface area is 117 Å². The molecule has 106 valence electrons. The van der Waals surface area contributed by atoms with E-state index in [4.69, 9.17) is 0 Å². The normalized spacial score (nSPS) is 20.4. The number of aromatic nitrogens is 2. The fourth-order valence-corrected chi connectivity index (χ4v) is 2.97. The lowest BCUT2D eigenvalue weighted by atomic mass is 9.99. The van der Waals surface area contributed by atoms with Gasteiger partial charge in [-0.05, 0) is 38.6 Å². The molecule has 1 atom stereocenters. The number of carboxylic acids is 1. The van der Waals surface area contributed by atoms with Crippen LogP contribution in [0, 0.1) is 0 Å². The lowest BCUT2D eigenvalue weighted by Crippen LogP contribution is -2.37. The van der Waals surface area contributed by atoms with Gasteiger partial charge in [0, 0.05) is 24.9 Å². The summed E-state index contributed by atoms with van der Waals surface area (Å²) < 4.78 is 1.81. The van der Waals surface area contributed by atoms with E-state index in [9.17, 15) is 9.90 Å². The summed E-state index contributed by atoms with van der Waals surface area (Å²) in [6, 6.07) is 3.86. The second kappa shape index (κ2) is 5.25. The molecule has 1 fully saturated rings. The summed E-state index contributed by atoms with van der Waals surface area (Å²) in [7, 11) is 2.16. The Kier molecular flexibility index (Phi) is 3.44. The molecule has 0 saturated carbocycles. The minimum atomic E-state index is -0.928. The average molecular weight is 273 g/mol. The fraction of sp³-hybridized carbons (Fsp3) is 0.467. The summed E-state index contributed by atoms with van der Waals surface area (Å²) in [6.45, 7) is 1.14. The second-order valence-electron chi connectivity index (χ2n) is 5.52. The van der Waals surface area contributed by atoms with E-state index in [0.29, 0.717) is 11.7 Å². The van der Waals surface area contributed by atoms with Gasteiger partial charge in [-0.2, -0.15) is 0 Å². The van der Waals surface area contributed by atoms with E-state index in [1.165, 1.54) is 19.3 Å². The van der Waals surface area contributed by atoms with Crippen LogP contribution in [0.3, 0.4) is 0 Å². The highest BCUT2D eigenvalue weighted by Gasteiger charge is 2.21. The molecule has 1 saturated heterocycles. The lowest BCUT2D eigenvalue weighted by molar-refractivity contribution is 0.0698. The molecule has 20 heavy (non-hydrogen) atoms. The van der Waals surface area contributed by atoms with E-state index in [0.717, 1.165) is 18.7 Å². The number of piperidine rings is 1. The van der Waals surface area contributed by atoms with Gasteiger partial charge in [0.1, 0.15) is 5.56 Å². The minimum absolute atomic E-state index is 0.260. The average Bonchev–Trinajstić information content (AvgIpc) is 2.83. The zero-order valence-electron chi connectivity index (χ0n) is 11.6. The molecule has 0 bridgehead atoms. The Balaban J connectivity index is 1.89. The smallest absolute Gasteiger partial charge is 0.339 e. The van der Waals surface area contributed by atoms with Crippen LogP contribution < -0.4 is 0 Å². The second-order valence-corrected chi connectivity index (χ2v) is 5.52. The molecule has 3 heterocycles. The van der Waals surface area contributed by atoms with Crippen LogP contribution in [-0.4, -0.2) is 45.0 Å². The molecule has 0 spiro atoms. The molecule has 2 aromatic rings. The maximum Gasteiger partial charge on any atom is 0.339 e. The first-order chi connectivity index (χ1) is 9.65. The molecule has 1 unspecified atom stereocenters. The number of nitrogens with zero attached hydrogens (tertiary/aromatic N) is 3. The molecule has 1 aliphatic rings. The van der Waals surface area contributed by atoms with Gasteiger partial charge in [0.05, 0.1) is 5.69 Å². The predicted molar refractivity (Wildman–Crippen MR) is 76.1 cm³/mol. The van der Waals surface area contributed by atoms with Crippen LogP contribution >= 0.6 is 0 Å². The Bertz CT molecular complexity index is 635. The number of likely N-dealkylation sites (N-methyl/N-ethyl adjacent to an activating group) is 1. The first-order valence-corrected chi connectivity index (χ1v) is 7.05. The van der Waals surface area contributed by atoms with Gasteiger partial charge in [0.25, 0.3) is 0 Å². The summed E-state index contributed by atoms with van der Waals surface area (Å²) in [4.78, 5) is 18.1. The maximum absolute atomic E-state index is 11.2. The topological polar surface area (TPSA) is 57.8 Å². The number of pyridine rings is 1. The van der Waals surface area contributed by atoms with Gasteiger partial charge in [-0.25, -0.2) is 9.78 Å². The molecule has 5 heteroatoms. The fourth-order valence-electron chi connectivity index (χ4n) is 2.97. The minimum Gasteiger partial charge on any atom is -0.478 e. The van der Waals surface area contributed by atoms with Crippen molar-refractivity contribution in [3.63, 3.8) is 0 Å². The lowest BCUT2D eigenvalue weighted by Gasteiger charge is -2.31. The summed E-state index contributed by atoms with van der Waals surface area (Å²) >= 11 is 0. The van der Waals surface area contributed by atoms with Crippen molar-refractivity contribution in [3.8, 4) is 0 Å². The van der Waals surface area contributed by atoms with Crippen molar-refractivity contribution in [1.82, 2.24) is 14.3 Å². The first-order valence-electron chi connectivity index (χ1n) is 7.05. The van der Waals surface area contributed by atoms with Crippen LogP contribution in [0.2, 0.25) is 0 Å². The quantitative estimate of drug-likeness (QED) is 0.930. The van der Waals surface area contributed by atoms with E-state index in [-0.39, 0.29) is 5.56 Å². The van der Waals surface area contributed by atoms with Crippen LogP contribution in [0.25, 0.3) is 5.65 Å². The Hall–Kier alpha value is -1.88. The monoisotopic (exact) mass is 273 g/mol. The van der Waals surface area contributed by atoms with E-state index >= 15 is 0 Å². The van der Waals surface area contributed by atoms with E-state index in [1.54, 1.807) is 12.1 Å². The number of aromatic carboxylic acids is 1. The van der Waals surface area contributed by atoms with Gasteiger partial charge >= 0.3 is 5.97 Å². The van der Waals surface area contributed by atoms with Crippen molar-refractivity contribution in [2.75, 3.05) is 13.6 Å². The van der Waals surface area contributed by atoms with Crippen molar-refractivity contribution in [3.05, 3.63) is 35.8 Å². The van der Waals surface area contributed by atoms with Gasteiger partial charge in [-0.3, -0.25) is 0 Å². The van der Waals surface area contributed by atoms with Crippen molar-refractivity contribution in [2.45, 2.75) is 31.7 Å². The van der Waals surface area contributed by atoms with Crippen molar-refractivity contribution in [2.24, 2.45) is 0 Å². The van der Waals surface area contributed by atoms with Crippen LogP contribution in [0.1, 0.15) is 35.3 Å². The molecule has 0 radical (unpaired) electrons. The summed E-state index contributed by atoms with van der Waals surface area (Å²) in [5.41, 5.74) is 1.77. The summed E-state index contributed by atoms with van der Waals surface area (Å²) in [5.74, 6) is -0.928. The van der Waals surface area contributed by atoms with Gasteiger partial charge in [0.15, 0.2) is 5.65 Å². The van der Waals surface area contributed by atoms with Gasteiger partial charge < -0.3 is 14.4 Å². The number of likely N-dealkylation sites (tertiary alicyclic amines) is 1. The van der Waals surface area contributed by atoms with E-state index in [1.807, 2.05) is 16.8 Å². The van der Waals surface area contributed by atoms with Crippen molar-refractivity contribution < 1.29 is 9.90 Å². The van der Waals surface area contributed by atoms with Gasteiger partial charge in [-0.15, -0.1) is 0 Å². The van der Waals surface area contributed by atoms with Gasteiger partial charge in [0.2, 0.25) is 0 Å². The zero-order valence-corrected chi connectivity index (χ0v) is 11.6. The third-order valence-corrected chi connectivity index (χ3v) is 4.13. The van der Waals surface area contributed by atoms with Crippen LogP contribution in [0.5, 0.6) is 0 Å². The molecule has 0 aliphatic carbocycles. The number of hydrogen-bond acceptors (Lipinski definition) is 3. The summed E-state index contributed by atoms with van der Waals surface area (Å²) in [6.07, 6.45) is 8.41. The number of imidazole rings is 1. The highest BCUT2D eigenvalue weighted by Crippen LogP contribution is 2.20. The molecule has 5 nitrogen and oxygen atoms in total. The Morgan fingerprint density at radius 3 is 3.10 bits per heavy atom. The number of hydrogen-bond donors (Lipinski definition) is 1. The predicted octanol–water partition coefficient (Wildman–Crippen LogP) is 2.06. The standard InChI is InChI=1S/C15H19N3O2/c1-17-7-3-2-5-12(17)9-11-10-18-8-4-6-13(15(19)20)14(18)16-11/h4,6,8,10,12H,2-3,5,7,9H2,1H3,(H,19,20). The SMILES string of the molecule is CN1CCCCC1Cc1cn2cccc(C(=O)O)c2n1. The molecular weight excluding hydrogens is 254 g/mol. The molecule has 1 N–H and O–H groups in total. The largest absolute Gasteiger partial charge is 0.478 e. The number of fused-ring (bicyclic) bond motifs is 1. The van der Waals surface area contributed by atoms with Crippen LogP contribution in [0.15, 0.2) is 24.5 Å². The van der Waals surface area contributed by atoms with Crippen molar-refractivity contribution >= 4 is 11.6 Å². The first kappa shape index (κ1) is 13.1. The molecular formula is C15H19N3O2.